The maximum atomic E-state index is 11.8. The second-order valence-corrected chi connectivity index (χ2v) is 6.29. The first-order chi connectivity index (χ1) is 11.5. The summed E-state index contributed by atoms with van der Waals surface area (Å²) in [6.07, 6.45) is 2.77. The highest BCUT2D eigenvalue weighted by atomic mass is 35.5. The number of benzene rings is 1. The molecule has 2 rings (SSSR count). The highest BCUT2D eigenvalue weighted by molar-refractivity contribution is 7.18. The topological polar surface area (TPSA) is 61.8 Å². The molecular formula is C17H15ClO5S. The number of ether oxygens (including phenoxy) is 3. The lowest BCUT2D eigenvalue weighted by molar-refractivity contribution is -0.136. The van der Waals surface area contributed by atoms with Gasteiger partial charge in [-0.2, -0.15) is 0 Å². The van der Waals surface area contributed by atoms with E-state index in [9.17, 15) is 9.59 Å². The molecule has 7 heteroatoms. The van der Waals surface area contributed by atoms with E-state index in [1.54, 1.807) is 37.4 Å². The molecule has 0 amide bonds. The van der Waals surface area contributed by atoms with Crippen molar-refractivity contribution in [3.63, 3.8) is 0 Å². The van der Waals surface area contributed by atoms with Gasteiger partial charge in [0.2, 0.25) is 5.78 Å². The number of carbonyl (C=O) groups is 2. The number of Topliss-reactive ketones (excluding diaryl/α,β-unsaturated/α-hetero) is 1. The standard InChI is InChI=1S/C17H15ClO5S/c1-21-12-4-5-14(22-2)11(9-12)3-8-17(20)23-10-13(19)15-6-7-16(18)24-15/h3-9H,10H2,1-2H3/b8-3+. The molecule has 0 saturated heterocycles. The largest absolute Gasteiger partial charge is 0.497 e. The van der Waals surface area contributed by atoms with Crippen LogP contribution in [0.15, 0.2) is 36.4 Å². The summed E-state index contributed by atoms with van der Waals surface area (Å²) in [6.45, 7) is -0.338. The van der Waals surface area contributed by atoms with Crippen molar-refractivity contribution < 1.29 is 23.8 Å². The van der Waals surface area contributed by atoms with Gasteiger partial charge in [-0.1, -0.05) is 11.6 Å². The zero-order valence-electron chi connectivity index (χ0n) is 13.1. The first kappa shape index (κ1) is 18.0. The van der Waals surface area contributed by atoms with Gasteiger partial charge in [0.05, 0.1) is 23.4 Å². The van der Waals surface area contributed by atoms with Crippen LogP contribution in [-0.4, -0.2) is 32.6 Å². The minimum Gasteiger partial charge on any atom is -0.497 e. The Bertz CT molecular complexity index is 766. The normalized spacial score (nSPS) is 10.6. The zero-order chi connectivity index (χ0) is 17.5. The molecule has 24 heavy (non-hydrogen) atoms. The van der Waals surface area contributed by atoms with Gasteiger partial charge in [0.15, 0.2) is 6.61 Å². The Labute approximate surface area is 148 Å². The molecule has 0 aliphatic carbocycles. The molecule has 0 atom stereocenters. The predicted molar refractivity (Wildman–Crippen MR) is 93.2 cm³/mol. The molecule has 5 nitrogen and oxygen atoms in total. The Balaban J connectivity index is 1.96. The summed E-state index contributed by atoms with van der Waals surface area (Å²) < 4.78 is 15.8. The average Bonchev–Trinajstić information content (AvgIpc) is 3.04. The van der Waals surface area contributed by atoms with E-state index in [1.165, 1.54) is 19.3 Å². The molecule has 0 bridgehead atoms. The third-order valence-corrected chi connectivity index (χ3v) is 4.30. The Kier molecular flexibility index (Phi) is 6.40. The maximum Gasteiger partial charge on any atom is 0.331 e. The van der Waals surface area contributed by atoms with Gasteiger partial charge >= 0.3 is 5.97 Å². The van der Waals surface area contributed by atoms with Crippen molar-refractivity contribution in [2.75, 3.05) is 20.8 Å². The maximum absolute atomic E-state index is 11.8. The number of methoxy groups -OCH3 is 2. The summed E-state index contributed by atoms with van der Waals surface area (Å²) in [5.74, 6) is 0.293. The van der Waals surface area contributed by atoms with Gasteiger partial charge in [-0.15, -0.1) is 11.3 Å². The first-order valence-electron chi connectivity index (χ1n) is 6.89. The predicted octanol–water partition coefficient (Wildman–Crippen LogP) is 3.86. The van der Waals surface area contributed by atoms with Crippen LogP contribution in [0, 0.1) is 0 Å². The van der Waals surface area contributed by atoms with Crippen LogP contribution in [0.25, 0.3) is 6.08 Å². The molecule has 2 aromatic rings. The van der Waals surface area contributed by atoms with E-state index in [2.05, 4.69) is 0 Å². The number of thiophene rings is 1. The number of halogens is 1. The average molecular weight is 367 g/mol. The fourth-order valence-corrected chi connectivity index (χ4v) is 2.81. The van der Waals surface area contributed by atoms with Gasteiger partial charge < -0.3 is 14.2 Å². The van der Waals surface area contributed by atoms with Crippen molar-refractivity contribution in [2.24, 2.45) is 0 Å². The summed E-state index contributed by atoms with van der Waals surface area (Å²) in [5, 5.41) is 0. The van der Waals surface area contributed by atoms with Crippen LogP contribution in [0.2, 0.25) is 4.34 Å². The van der Waals surface area contributed by atoms with Crippen LogP contribution in [-0.2, 0) is 9.53 Å². The quantitative estimate of drug-likeness (QED) is 0.423. The van der Waals surface area contributed by atoms with Crippen molar-refractivity contribution in [3.05, 3.63) is 51.2 Å². The van der Waals surface area contributed by atoms with Crippen molar-refractivity contribution >= 4 is 40.8 Å². The number of esters is 1. The molecule has 0 aliphatic rings. The fraction of sp³-hybridized carbons (Fsp3) is 0.176. The number of hydrogen-bond donors (Lipinski definition) is 0. The molecule has 0 N–H and O–H groups in total. The molecule has 1 aromatic heterocycles. The Morgan fingerprint density at radius 3 is 2.58 bits per heavy atom. The number of ketones is 1. The van der Waals surface area contributed by atoms with Crippen molar-refractivity contribution in [1.29, 1.82) is 0 Å². The minimum absolute atomic E-state index is 0.299. The monoisotopic (exact) mass is 366 g/mol. The fourth-order valence-electron chi connectivity index (χ4n) is 1.85. The molecule has 1 aromatic carbocycles. The van der Waals surface area contributed by atoms with Crippen LogP contribution >= 0.6 is 22.9 Å². The third kappa shape index (κ3) is 4.84. The highest BCUT2D eigenvalue weighted by Crippen LogP contribution is 2.25. The summed E-state index contributed by atoms with van der Waals surface area (Å²) in [4.78, 5) is 24.0. The van der Waals surface area contributed by atoms with Crippen LogP contribution < -0.4 is 9.47 Å². The summed E-state index contributed by atoms with van der Waals surface area (Å²) in [5.41, 5.74) is 0.658. The highest BCUT2D eigenvalue weighted by Gasteiger charge is 2.11. The van der Waals surface area contributed by atoms with Crippen LogP contribution in [0.4, 0.5) is 0 Å². The van der Waals surface area contributed by atoms with Crippen molar-refractivity contribution in [3.8, 4) is 11.5 Å². The number of carbonyl (C=O) groups excluding carboxylic acids is 2. The van der Waals surface area contributed by atoms with Crippen molar-refractivity contribution in [2.45, 2.75) is 0 Å². The van der Waals surface area contributed by atoms with E-state index in [0.29, 0.717) is 26.3 Å². The van der Waals surface area contributed by atoms with Gasteiger partial charge in [0, 0.05) is 11.6 Å². The van der Waals surface area contributed by atoms with Gasteiger partial charge in [-0.3, -0.25) is 4.79 Å². The molecule has 1 heterocycles. The lowest BCUT2D eigenvalue weighted by atomic mass is 10.1. The summed E-state index contributed by atoms with van der Waals surface area (Å²) >= 11 is 6.91. The van der Waals surface area contributed by atoms with Gasteiger partial charge in [-0.25, -0.2) is 4.79 Å². The van der Waals surface area contributed by atoms with Crippen molar-refractivity contribution in [1.82, 2.24) is 0 Å². The smallest absolute Gasteiger partial charge is 0.331 e. The van der Waals surface area contributed by atoms with E-state index in [1.807, 2.05) is 0 Å². The Morgan fingerprint density at radius 1 is 1.17 bits per heavy atom. The Hall–Kier alpha value is -2.31. The van der Waals surface area contributed by atoms with E-state index in [0.717, 1.165) is 11.3 Å². The molecule has 0 fully saturated rings. The second kappa shape index (κ2) is 8.52. The lowest BCUT2D eigenvalue weighted by Gasteiger charge is -2.07. The van der Waals surface area contributed by atoms with Gasteiger partial charge in [-0.05, 0) is 36.4 Å². The van der Waals surface area contributed by atoms with Gasteiger partial charge in [0.1, 0.15) is 11.5 Å². The molecule has 0 unspecified atom stereocenters. The summed E-state index contributed by atoms with van der Waals surface area (Å²) in [7, 11) is 3.08. The van der Waals surface area contributed by atoms with Crippen LogP contribution in [0.3, 0.4) is 0 Å². The SMILES string of the molecule is COc1ccc(OC)c(/C=C/C(=O)OCC(=O)c2ccc(Cl)s2)c1. The molecular weight excluding hydrogens is 352 g/mol. The van der Waals surface area contributed by atoms with E-state index >= 15 is 0 Å². The first-order valence-corrected chi connectivity index (χ1v) is 8.08. The molecule has 0 radical (unpaired) electrons. The van der Waals surface area contributed by atoms with Crippen LogP contribution in [0.1, 0.15) is 15.2 Å². The zero-order valence-corrected chi connectivity index (χ0v) is 14.6. The minimum atomic E-state index is -0.629. The number of rotatable bonds is 7. The molecule has 126 valence electrons. The second-order valence-electron chi connectivity index (χ2n) is 4.58. The third-order valence-electron chi connectivity index (χ3n) is 3.03. The molecule has 0 spiro atoms. The van der Waals surface area contributed by atoms with Gasteiger partial charge in [0.25, 0.3) is 0 Å². The van der Waals surface area contributed by atoms with E-state index in [-0.39, 0.29) is 12.4 Å². The molecule has 0 saturated carbocycles. The molecule has 0 aliphatic heterocycles. The summed E-state index contributed by atoms with van der Waals surface area (Å²) in [6, 6.07) is 8.42. The van der Waals surface area contributed by atoms with Crippen LogP contribution in [0.5, 0.6) is 11.5 Å². The lowest BCUT2D eigenvalue weighted by Crippen LogP contribution is -2.11. The number of hydrogen-bond acceptors (Lipinski definition) is 6. The Morgan fingerprint density at radius 2 is 1.96 bits per heavy atom. The van der Waals surface area contributed by atoms with E-state index < -0.39 is 5.97 Å². The van der Waals surface area contributed by atoms with E-state index in [4.69, 9.17) is 25.8 Å².